The van der Waals surface area contributed by atoms with Crippen LogP contribution in [0.3, 0.4) is 0 Å². The highest BCUT2D eigenvalue weighted by Gasteiger charge is 2.20. The number of rotatable bonds is 2. The van der Waals surface area contributed by atoms with Gasteiger partial charge in [-0.05, 0) is 51.8 Å². The maximum absolute atomic E-state index is 12.3. The van der Waals surface area contributed by atoms with E-state index in [2.05, 4.69) is 10.6 Å². The second kappa shape index (κ2) is 6.16. The Morgan fingerprint density at radius 1 is 1.14 bits per heavy atom. The second-order valence-electron chi connectivity index (χ2n) is 6.41. The van der Waals surface area contributed by atoms with Crippen LogP contribution in [0.1, 0.15) is 44.0 Å². The van der Waals surface area contributed by atoms with E-state index in [9.17, 15) is 9.59 Å². The molecule has 0 spiro atoms. The Hall–Kier alpha value is -2.04. The normalized spacial score (nSPS) is 14.9. The summed E-state index contributed by atoms with van der Waals surface area (Å²) in [7, 11) is 0. The van der Waals surface area contributed by atoms with Gasteiger partial charge in [0.15, 0.2) is 0 Å². The molecule has 0 aliphatic carbocycles. The molecule has 1 aliphatic rings. The van der Waals surface area contributed by atoms with Crippen LogP contribution in [0.2, 0.25) is 0 Å². The molecular formula is C16H23N3O2. The molecule has 114 valence electrons. The van der Waals surface area contributed by atoms with Crippen LogP contribution < -0.4 is 10.6 Å². The first-order valence-electron chi connectivity index (χ1n) is 7.34. The number of hydrogen-bond acceptors (Lipinski definition) is 2. The van der Waals surface area contributed by atoms with Crippen LogP contribution in [0.25, 0.3) is 0 Å². The van der Waals surface area contributed by atoms with Crippen molar-refractivity contribution >= 4 is 17.6 Å². The number of nitrogens with zero attached hydrogens (tertiary/aromatic N) is 1. The van der Waals surface area contributed by atoms with Crippen LogP contribution in [-0.2, 0) is 0 Å². The molecule has 0 radical (unpaired) electrons. The second-order valence-corrected chi connectivity index (χ2v) is 6.41. The largest absolute Gasteiger partial charge is 0.339 e. The minimum atomic E-state index is -0.299. The highest BCUT2D eigenvalue weighted by molar-refractivity contribution is 5.97. The summed E-state index contributed by atoms with van der Waals surface area (Å²) >= 11 is 0. The number of carbonyl (C=O) groups excluding carboxylic acids is 2. The van der Waals surface area contributed by atoms with Gasteiger partial charge in [-0.3, -0.25) is 4.79 Å². The summed E-state index contributed by atoms with van der Waals surface area (Å²) < 4.78 is 0. The highest BCUT2D eigenvalue weighted by atomic mass is 16.2. The van der Waals surface area contributed by atoms with Crippen LogP contribution >= 0.6 is 0 Å². The van der Waals surface area contributed by atoms with Crippen LogP contribution in [-0.4, -0.2) is 35.5 Å². The number of carbonyl (C=O) groups is 2. The molecule has 0 bridgehead atoms. The molecule has 5 nitrogen and oxygen atoms in total. The topological polar surface area (TPSA) is 61.4 Å². The zero-order valence-corrected chi connectivity index (χ0v) is 12.9. The number of nitrogens with one attached hydrogen (secondary N) is 2. The summed E-state index contributed by atoms with van der Waals surface area (Å²) in [5.41, 5.74) is 0.944. The maximum atomic E-state index is 12.3. The third-order valence-electron chi connectivity index (χ3n) is 3.25. The first-order chi connectivity index (χ1) is 9.85. The van der Waals surface area contributed by atoms with E-state index in [1.807, 2.05) is 25.7 Å². The third kappa shape index (κ3) is 4.48. The van der Waals surface area contributed by atoms with E-state index >= 15 is 0 Å². The quantitative estimate of drug-likeness (QED) is 0.879. The van der Waals surface area contributed by atoms with Crippen LogP contribution in [0.4, 0.5) is 10.5 Å². The van der Waals surface area contributed by atoms with E-state index < -0.39 is 0 Å². The summed E-state index contributed by atoms with van der Waals surface area (Å²) in [4.78, 5) is 26.0. The zero-order valence-electron chi connectivity index (χ0n) is 12.9. The molecule has 0 unspecified atom stereocenters. The van der Waals surface area contributed by atoms with Gasteiger partial charge in [-0.25, -0.2) is 4.79 Å². The average molecular weight is 289 g/mol. The maximum Gasteiger partial charge on any atom is 0.319 e. The van der Waals surface area contributed by atoms with Gasteiger partial charge in [0.2, 0.25) is 0 Å². The third-order valence-corrected chi connectivity index (χ3v) is 3.25. The monoisotopic (exact) mass is 289 g/mol. The molecule has 0 atom stereocenters. The van der Waals surface area contributed by atoms with Gasteiger partial charge in [0.05, 0.1) is 0 Å². The van der Waals surface area contributed by atoms with E-state index in [1.165, 1.54) is 0 Å². The molecule has 1 aromatic carbocycles. The highest BCUT2D eigenvalue weighted by Crippen LogP contribution is 2.16. The van der Waals surface area contributed by atoms with Gasteiger partial charge in [-0.15, -0.1) is 0 Å². The van der Waals surface area contributed by atoms with Gasteiger partial charge in [0.1, 0.15) is 0 Å². The Morgan fingerprint density at radius 3 is 2.43 bits per heavy atom. The summed E-state index contributed by atoms with van der Waals surface area (Å²) in [5, 5.41) is 5.59. The molecule has 3 amide bonds. The van der Waals surface area contributed by atoms with Crippen molar-refractivity contribution < 1.29 is 9.59 Å². The first-order valence-corrected chi connectivity index (χ1v) is 7.34. The molecule has 0 aromatic heterocycles. The molecule has 1 heterocycles. The lowest BCUT2D eigenvalue weighted by Crippen LogP contribution is -2.43. The van der Waals surface area contributed by atoms with Crippen molar-refractivity contribution in [2.75, 3.05) is 18.4 Å². The summed E-state index contributed by atoms with van der Waals surface area (Å²) in [6.07, 6.45) is 2.13. The number of anilines is 1. The van der Waals surface area contributed by atoms with Crippen molar-refractivity contribution in [2.24, 2.45) is 0 Å². The molecule has 2 rings (SSSR count). The van der Waals surface area contributed by atoms with Crippen molar-refractivity contribution in [2.45, 2.75) is 39.2 Å². The average Bonchev–Trinajstić information content (AvgIpc) is 2.89. The lowest BCUT2D eigenvalue weighted by atomic mass is 10.1. The summed E-state index contributed by atoms with van der Waals surface area (Å²) in [5.74, 6) is 0.0346. The van der Waals surface area contributed by atoms with Crippen molar-refractivity contribution in [1.82, 2.24) is 10.2 Å². The molecule has 1 aromatic rings. The fourth-order valence-corrected chi connectivity index (χ4v) is 2.34. The lowest BCUT2D eigenvalue weighted by Gasteiger charge is -2.21. The minimum Gasteiger partial charge on any atom is -0.339 e. The van der Waals surface area contributed by atoms with Crippen molar-refractivity contribution in [3.63, 3.8) is 0 Å². The van der Waals surface area contributed by atoms with E-state index in [0.29, 0.717) is 11.3 Å². The van der Waals surface area contributed by atoms with Crippen molar-refractivity contribution in [1.29, 1.82) is 0 Å². The SMILES string of the molecule is CC(C)(C)NC(=O)Nc1cccc(C(=O)N2CCCC2)c1. The van der Waals surface area contributed by atoms with E-state index in [1.54, 1.807) is 24.3 Å². The number of amides is 3. The first kappa shape index (κ1) is 15.4. The Labute approximate surface area is 125 Å². The molecular weight excluding hydrogens is 266 g/mol. The predicted molar refractivity (Wildman–Crippen MR) is 83.5 cm³/mol. The fourth-order valence-electron chi connectivity index (χ4n) is 2.34. The number of likely N-dealkylation sites (tertiary alicyclic amines) is 1. The van der Waals surface area contributed by atoms with Gasteiger partial charge in [0.25, 0.3) is 5.91 Å². The van der Waals surface area contributed by atoms with Gasteiger partial charge >= 0.3 is 6.03 Å². The van der Waals surface area contributed by atoms with Gasteiger partial charge in [0, 0.05) is 29.9 Å². The van der Waals surface area contributed by atoms with Crippen LogP contribution in [0, 0.1) is 0 Å². The van der Waals surface area contributed by atoms with E-state index in [0.717, 1.165) is 25.9 Å². The smallest absolute Gasteiger partial charge is 0.319 e. The van der Waals surface area contributed by atoms with Crippen molar-refractivity contribution in [3.05, 3.63) is 29.8 Å². The molecule has 1 saturated heterocycles. The molecule has 21 heavy (non-hydrogen) atoms. The Kier molecular flexibility index (Phi) is 4.50. The molecule has 0 saturated carbocycles. The minimum absolute atomic E-state index is 0.0346. The van der Waals surface area contributed by atoms with Gasteiger partial charge in [-0.1, -0.05) is 6.07 Å². The summed E-state index contributed by atoms with van der Waals surface area (Å²) in [6.45, 7) is 7.39. The fraction of sp³-hybridized carbons (Fsp3) is 0.500. The molecule has 2 N–H and O–H groups in total. The Bertz CT molecular complexity index is 529. The molecule has 1 fully saturated rings. The van der Waals surface area contributed by atoms with Gasteiger partial charge < -0.3 is 15.5 Å². The molecule has 1 aliphatic heterocycles. The van der Waals surface area contributed by atoms with Crippen molar-refractivity contribution in [3.8, 4) is 0 Å². The Balaban J connectivity index is 2.03. The summed E-state index contributed by atoms with van der Waals surface area (Å²) in [6, 6.07) is 6.81. The zero-order chi connectivity index (χ0) is 15.5. The number of benzene rings is 1. The standard InChI is InChI=1S/C16H23N3O2/c1-16(2,3)18-15(21)17-13-8-6-7-12(11-13)14(20)19-9-4-5-10-19/h6-8,11H,4-5,9-10H2,1-3H3,(H2,17,18,21). The lowest BCUT2D eigenvalue weighted by molar-refractivity contribution is 0.0793. The molecule has 5 heteroatoms. The van der Waals surface area contributed by atoms with Crippen LogP contribution in [0.5, 0.6) is 0 Å². The van der Waals surface area contributed by atoms with E-state index in [4.69, 9.17) is 0 Å². The van der Waals surface area contributed by atoms with Crippen LogP contribution in [0.15, 0.2) is 24.3 Å². The van der Waals surface area contributed by atoms with E-state index in [-0.39, 0.29) is 17.5 Å². The number of hydrogen-bond donors (Lipinski definition) is 2. The Morgan fingerprint density at radius 2 is 1.81 bits per heavy atom. The number of urea groups is 1. The van der Waals surface area contributed by atoms with Gasteiger partial charge in [-0.2, -0.15) is 0 Å². The predicted octanol–water partition coefficient (Wildman–Crippen LogP) is 2.84.